The molecule has 0 aliphatic carbocycles. The van der Waals surface area contributed by atoms with Gasteiger partial charge in [-0.05, 0) is 6.92 Å². The number of hydrogen-bond acceptors (Lipinski definition) is 10. The standard InChI is InChI=1S/C14H25NO10/c1-4-8(18)11(21)12(13(22)23-4)25-14-7(15-5(2)17)10(20)9(19)6(3-16)24-14/h4,6-14,16,18-22H,3H2,1-2H3,(H,15,17)/t4-,6+,7-,8-,9+,10+,11+,12+,13-,14-/m0/s1. The molecule has 0 saturated carbocycles. The number of ether oxygens (including phenoxy) is 3. The number of hydrogen-bond donors (Lipinski definition) is 7. The van der Waals surface area contributed by atoms with E-state index in [1.54, 1.807) is 0 Å². The zero-order chi connectivity index (χ0) is 18.9. The van der Waals surface area contributed by atoms with Crippen LogP contribution in [0.1, 0.15) is 13.8 Å². The number of aliphatic hydroxyl groups is 6. The normalized spacial score (nSPS) is 48.2. The van der Waals surface area contributed by atoms with Crippen LogP contribution in [0, 0.1) is 0 Å². The number of aliphatic hydroxyl groups excluding tert-OH is 6. The number of nitrogens with one attached hydrogen (secondary N) is 1. The van der Waals surface area contributed by atoms with Gasteiger partial charge in [0.05, 0.1) is 12.7 Å². The van der Waals surface area contributed by atoms with Crippen molar-refractivity contribution >= 4 is 5.91 Å². The Morgan fingerprint density at radius 3 is 2.24 bits per heavy atom. The van der Waals surface area contributed by atoms with Crippen molar-refractivity contribution in [2.45, 2.75) is 75.2 Å². The smallest absolute Gasteiger partial charge is 0.217 e. The second-order valence-corrected chi connectivity index (χ2v) is 6.25. The van der Waals surface area contributed by atoms with Crippen LogP contribution >= 0.6 is 0 Å². The van der Waals surface area contributed by atoms with E-state index < -0.39 is 73.9 Å². The van der Waals surface area contributed by atoms with E-state index in [2.05, 4.69) is 5.32 Å². The van der Waals surface area contributed by atoms with Crippen LogP contribution in [-0.4, -0.2) is 105 Å². The van der Waals surface area contributed by atoms with Crippen LogP contribution in [0.5, 0.6) is 0 Å². The van der Waals surface area contributed by atoms with Crippen LogP contribution in [0.4, 0.5) is 0 Å². The molecule has 1 amide bonds. The first kappa shape index (κ1) is 20.4. The molecule has 2 saturated heterocycles. The van der Waals surface area contributed by atoms with Gasteiger partial charge in [0.15, 0.2) is 12.6 Å². The minimum atomic E-state index is -1.61. The van der Waals surface area contributed by atoms with Crippen molar-refractivity contribution in [3.8, 4) is 0 Å². The molecule has 0 bridgehead atoms. The fraction of sp³-hybridized carbons (Fsp3) is 0.929. The zero-order valence-electron chi connectivity index (χ0n) is 13.8. The third-order valence-corrected chi connectivity index (χ3v) is 4.34. The summed E-state index contributed by atoms with van der Waals surface area (Å²) in [5.74, 6) is -0.550. The summed E-state index contributed by atoms with van der Waals surface area (Å²) in [6, 6.07) is -1.24. The lowest BCUT2D eigenvalue weighted by Crippen LogP contribution is -2.67. The van der Waals surface area contributed by atoms with E-state index in [1.165, 1.54) is 13.8 Å². The summed E-state index contributed by atoms with van der Waals surface area (Å²) in [6.45, 7) is 1.98. The SMILES string of the molecule is CC(=O)N[C@@H]1[C@H](O[C@@H]2[C@H](O)[C@@H](O)[C@H](C)O[C@@H]2O)O[C@H](CO)[C@@H](O)[C@@H]1O. The van der Waals surface area contributed by atoms with Crippen LogP contribution in [-0.2, 0) is 19.0 Å². The third kappa shape index (κ3) is 4.27. The van der Waals surface area contributed by atoms with Crippen molar-refractivity contribution in [1.29, 1.82) is 0 Å². The van der Waals surface area contributed by atoms with E-state index in [1.807, 2.05) is 0 Å². The molecule has 25 heavy (non-hydrogen) atoms. The van der Waals surface area contributed by atoms with Crippen LogP contribution in [0.3, 0.4) is 0 Å². The highest BCUT2D eigenvalue weighted by atomic mass is 16.7. The van der Waals surface area contributed by atoms with Crippen LogP contribution < -0.4 is 5.32 Å². The predicted octanol–water partition coefficient (Wildman–Crippen LogP) is -4.23. The first-order valence-corrected chi connectivity index (χ1v) is 7.92. The molecule has 146 valence electrons. The molecular weight excluding hydrogens is 342 g/mol. The molecule has 0 radical (unpaired) electrons. The molecule has 2 fully saturated rings. The molecule has 11 nitrogen and oxygen atoms in total. The van der Waals surface area contributed by atoms with E-state index in [0.717, 1.165) is 0 Å². The van der Waals surface area contributed by atoms with Crippen molar-refractivity contribution in [3.05, 3.63) is 0 Å². The predicted molar refractivity (Wildman–Crippen MR) is 78.8 cm³/mol. The molecule has 0 unspecified atom stereocenters. The maximum absolute atomic E-state index is 11.3. The van der Waals surface area contributed by atoms with Gasteiger partial charge >= 0.3 is 0 Å². The number of carbonyl (C=O) groups excluding carboxylic acids is 1. The highest BCUT2D eigenvalue weighted by Gasteiger charge is 2.50. The minimum absolute atomic E-state index is 0.550. The molecule has 10 atom stereocenters. The van der Waals surface area contributed by atoms with Crippen molar-refractivity contribution in [2.24, 2.45) is 0 Å². The summed E-state index contributed by atoms with van der Waals surface area (Å²) in [6.07, 6.45) is -12.5. The maximum atomic E-state index is 11.3. The summed E-state index contributed by atoms with van der Waals surface area (Å²) in [5.41, 5.74) is 0. The average Bonchev–Trinajstić information content (AvgIpc) is 2.55. The number of carbonyl (C=O) groups is 1. The number of rotatable bonds is 4. The minimum Gasteiger partial charge on any atom is -0.394 e. The van der Waals surface area contributed by atoms with Gasteiger partial charge in [-0.1, -0.05) is 0 Å². The molecule has 11 heteroatoms. The highest BCUT2D eigenvalue weighted by Crippen LogP contribution is 2.28. The summed E-state index contributed by atoms with van der Waals surface area (Å²) in [5, 5.41) is 61.6. The molecule has 7 N–H and O–H groups in total. The molecule has 0 aromatic carbocycles. The van der Waals surface area contributed by atoms with Gasteiger partial charge in [-0.15, -0.1) is 0 Å². The summed E-state index contributed by atoms with van der Waals surface area (Å²) >= 11 is 0. The van der Waals surface area contributed by atoms with E-state index in [0.29, 0.717) is 0 Å². The fourth-order valence-electron chi connectivity index (χ4n) is 2.91. The second-order valence-electron chi connectivity index (χ2n) is 6.25. The molecular formula is C14H25NO10. The molecule has 0 aromatic heterocycles. The van der Waals surface area contributed by atoms with E-state index in [-0.39, 0.29) is 0 Å². The Bertz CT molecular complexity index is 465. The number of amides is 1. The molecule has 0 aromatic rings. The van der Waals surface area contributed by atoms with Crippen molar-refractivity contribution < 1.29 is 49.6 Å². The van der Waals surface area contributed by atoms with Gasteiger partial charge in [0.2, 0.25) is 5.91 Å². The molecule has 2 heterocycles. The zero-order valence-corrected chi connectivity index (χ0v) is 13.8. The Labute approximate surface area is 143 Å². The van der Waals surface area contributed by atoms with Gasteiger partial charge in [-0.3, -0.25) is 4.79 Å². The lowest BCUT2D eigenvalue weighted by molar-refractivity contribution is -0.344. The summed E-state index contributed by atoms with van der Waals surface area (Å²) < 4.78 is 15.8. The first-order chi connectivity index (χ1) is 11.7. The third-order valence-electron chi connectivity index (χ3n) is 4.34. The Kier molecular flexibility index (Phi) is 6.70. The highest BCUT2D eigenvalue weighted by molar-refractivity contribution is 5.73. The fourth-order valence-corrected chi connectivity index (χ4v) is 2.91. The van der Waals surface area contributed by atoms with Gasteiger partial charge in [-0.2, -0.15) is 0 Å². The summed E-state index contributed by atoms with van der Waals surface area (Å²) in [7, 11) is 0. The maximum Gasteiger partial charge on any atom is 0.217 e. The van der Waals surface area contributed by atoms with E-state index >= 15 is 0 Å². The van der Waals surface area contributed by atoms with Crippen LogP contribution in [0.2, 0.25) is 0 Å². The Balaban J connectivity index is 2.19. The largest absolute Gasteiger partial charge is 0.394 e. The lowest BCUT2D eigenvalue weighted by Gasteiger charge is -2.46. The van der Waals surface area contributed by atoms with Crippen molar-refractivity contribution in [2.75, 3.05) is 6.61 Å². The quantitative estimate of drug-likeness (QED) is 0.257. The van der Waals surface area contributed by atoms with Gasteiger partial charge in [0, 0.05) is 6.92 Å². The van der Waals surface area contributed by atoms with Gasteiger partial charge < -0.3 is 50.2 Å². The molecule has 0 spiro atoms. The summed E-state index contributed by atoms with van der Waals surface area (Å²) in [4.78, 5) is 11.3. The topological polar surface area (TPSA) is 178 Å². The second kappa shape index (κ2) is 8.20. The molecule has 2 aliphatic rings. The van der Waals surface area contributed by atoms with Crippen molar-refractivity contribution in [3.63, 3.8) is 0 Å². The van der Waals surface area contributed by atoms with E-state index in [4.69, 9.17) is 14.2 Å². The van der Waals surface area contributed by atoms with E-state index in [9.17, 15) is 35.4 Å². The Hall–Kier alpha value is -0.890. The average molecular weight is 367 g/mol. The molecule has 2 rings (SSSR count). The van der Waals surface area contributed by atoms with Gasteiger partial charge in [-0.25, -0.2) is 0 Å². The monoisotopic (exact) mass is 367 g/mol. The van der Waals surface area contributed by atoms with Gasteiger partial charge in [0.1, 0.15) is 42.7 Å². The Morgan fingerprint density at radius 2 is 1.68 bits per heavy atom. The molecule has 2 aliphatic heterocycles. The first-order valence-electron chi connectivity index (χ1n) is 7.92. The Morgan fingerprint density at radius 1 is 1.04 bits per heavy atom. The van der Waals surface area contributed by atoms with Gasteiger partial charge in [0.25, 0.3) is 0 Å². The van der Waals surface area contributed by atoms with Crippen LogP contribution in [0.15, 0.2) is 0 Å². The lowest BCUT2D eigenvalue weighted by atomic mass is 9.96. The van der Waals surface area contributed by atoms with Crippen LogP contribution in [0.25, 0.3) is 0 Å². The van der Waals surface area contributed by atoms with Crippen molar-refractivity contribution in [1.82, 2.24) is 5.32 Å².